The molecule has 1 saturated heterocycles. The monoisotopic (exact) mass is 486 g/mol. The molecule has 0 unspecified atom stereocenters. The first-order valence-corrected chi connectivity index (χ1v) is 13.1. The topological polar surface area (TPSA) is 99.7 Å². The van der Waals surface area contributed by atoms with Gasteiger partial charge in [0.25, 0.3) is 0 Å². The molecule has 174 valence electrons. The van der Waals surface area contributed by atoms with Gasteiger partial charge in [0.05, 0.1) is 17.0 Å². The van der Waals surface area contributed by atoms with Gasteiger partial charge < -0.3 is 10.2 Å². The van der Waals surface area contributed by atoms with Crippen LogP contribution >= 0.6 is 11.3 Å². The van der Waals surface area contributed by atoms with Crippen molar-refractivity contribution in [3.8, 4) is 0 Å². The molecule has 0 atom stereocenters. The quantitative estimate of drug-likeness (QED) is 0.578. The van der Waals surface area contributed by atoms with Crippen molar-refractivity contribution in [2.24, 2.45) is 5.92 Å². The summed E-state index contributed by atoms with van der Waals surface area (Å²) in [6, 6.07) is 12.8. The number of sulfonamides is 1. The highest BCUT2D eigenvalue weighted by Gasteiger charge is 2.30. The second kappa shape index (κ2) is 9.58. The SMILES string of the molecule is CC(C)C(=O)Nc1nc(CC(=O)N2CCN(S(=O)(=O)c3ccc4ccccc4c3)CC2)cs1. The number of hydrogen-bond acceptors (Lipinski definition) is 6. The fraction of sp³-hybridized carbons (Fsp3) is 0.348. The number of hydrogen-bond donors (Lipinski definition) is 1. The molecule has 10 heteroatoms. The molecule has 0 saturated carbocycles. The van der Waals surface area contributed by atoms with E-state index in [1.807, 2.05) is 30.3 Å². The average molecular weight is 487 g/mol. The molecular weight excluding hydrogens is 460 g/mol. The van der Waals surface area contributed by atoms with E-state index in [1.165, 1.54) is 15.6 Å². The maximum Gasteiger partial charge on any atom is 0.243 e. The lowest BCUT2D eigenvalue weighted by Crippen LogP contribution is -2.50. The van der Waals surface area contributed by atoms with Crippen LogP contribution in [0.2, 0.25) is 0 Å². The molecular formula is C23H26N4O4S2. The lowest BCUT2D eigenvalue weighted by molar-refractivity contribution is -0.131. The van der Waals surface area contributed by atoms with Crippen molar-refractivity contribution >= 4 is 49.1 Å². The fourth-order valence-electron chi connectivity index (χ4n) is 3.62. The van der Waals surface area contributed by atoms with E-state index in [-0.39, 0.29) is 42.1 Å². The molecule has 0 aliphatic carbocycles. The Balaban J connectivity index is 1.35. The van der Waals surface area contributed by atoms with E-state index in [0.29, 0.717) is 23.9 Å². The molecule has 1 N–H and O–H groups in total. The van der Waals surface area contributed by atoms with Crippen LogP contribution in [0.3, 0.4) is 0 Å². The van der Waals surface area contributed by atoms with Crippen LogP contribution in [-0.2, 0) is 26.0 Å². The third kappa shape index (κ3) is 5.23. The minimum atomic E-state index is -3.63. The largest absolute Gasteiger partial charge is 0.340 e. The predicted octanol–water partition coefficient (Wildman–Crippen LogP) is 2.97. The lowest BCUT2D eigenvalue weighted by atomic mass is 10.1. The highest BCUT2D eigenvalue weighted by atomic mass is 32.2. The Morgan fingerprint density at radius 1 is 1.06 bits per heavy atom. The van der Waals surface area contributed by atoms with Crippen molar-refractivity contribution < 1.29 is 18.0 Å². The predicted molar refractivity (Wildman–Crippen MR) is 129 cm³/mol. The van der Waals surface area contributed by atoms with E-state index in [4.69, 9.17) is 0 Å². The number of rotatable bonds is 6. The Morgan fingerprint density at radius 3 is 2.45 bits per heavy atom. The van der Waals surface area contributed by atoms with Crippen LogP contribution in [0.25, 0.3) is 10.8 Å². The molecule has 0 radical (unpaired) electrons. The summed E-state index contributed by atoms with van der Waals surface area (Å²) in [6.45, 7) is 4.74. The third-order valence-corrected chi connectivity index (χ3v) is 8.29. The van der Waals surface area contributed by atoms with Gasteiger partial charge in [-0.3, -0.25) is 9.59 Å². The van der Waals surface area contributed by atoms with Gasteiger partial charge in [0.15, 0.2) is 5.13 Å². The van der Waals surface area contributed by atoms with Gasteiger partial charge in [0, 0.05) is 37.5 Å². The van der Waals surface area contributed by atoms with Crippen LogP contribution in [0.1, 0.15) is 19.5 Å². The first-order valence-electron chi connectivity index (χ1n) is 10.8. The Morgan fingerprint density at radius 2 is 1.76 bits per heavy atom. The third-order valence-electron chi connectivity index (χ3n) is 5.59. The molecule has 33 heavy (non-hydrogen) atoms. The van der Waals surface area contributed by atoms with Crippen molar-refractivity contribution in [3.63, 3.8) is 0 Å². The summed E-state index contributed by atoms with van der Waals surface area (Å²) in [5.74, 6) is -0.378. The van der Waals surface area contributed by atoms with Gasteiger partial charge in [-0.15, -0.1) is 11.3 Å². The van der Waals surface area contributed by atoms with E-state index in [9.17, 15) is 18.0 Å². The Kier molecular flexibility index (Phi) is 6.78. The van der Waals surface area contributed by atoms with Crippen LogP contribution in [0.15, 0.2) is 52.7 Å². The van der Waals surface area contributed by atoms with Crippen molar-refractivity contribution in [2.45, 2.75) is 25.2 Å². The molecule has 4 rings (SSSR count). The summed E-state index contributed by atoms with van der Waals surface area (Å²) >= 11 is 1.28. The summed E-state index contributed by atoms with van der Waals surface area (Å²) in [5.41, 5.74) is 0.593. The average Bonchev–Trinajstić information content (AvgIpc) is 3.25. The second-order valence-corrected chi connectivity index (χ2v) is 11.1. The summed E-state index contributed by atoms with van der Waals surface area (Å²) in [4.78, 5) is 30.8. The van der Waals surface area contributed by atoms with Crippen LogP contribution in [-0.4, -0.2) is 60.6 Å². The van der Waals surface area contributed by atoms with Gasteiger partial charge in [-0.05, 0) is 22.9 Å². The minimum Gasteiger partial charge on any atom is -0.340 e. The normalized spacial score (nSPS) is 15.2. The molecule has 3 aromatic rings. The standard InChI is InChI=1S/C23H26N4O4S2/c1-16(2)22(29)25-23-24-19(15-32-23)14-21(28)26-9-11-27(12-10-26)33(30,31)20-8-7-17-5-3-4-6-18(17)13-20/h3-8,13,15-16H,9-12,14H2,1-2H3,(H,24,25,29). The molecule has 2 heterocycles. The molecule has 0 spiro atoms. The van der Waals surface area contributed by atoms with E-state index in [0.717, 1.165) is 10.8 Å². The van der Waals surface area contributed by atoms with Crippen LogP contribution < -0.4 is 5.32 Å². The highest BCUT2D eigenvalue weighted by molar-refractivity contribution is 7.89. The Bertz CT molecular complexity index is 1280. The van der Waals surface area contributed by atoms with Gasteiger partial charge >= 0.3 is 0 Å². The van der Waals surface area contributed by atoms with Crippen molar-refractivity contribution in [3.05, 3.63) is 53.5 Å². The van der Waals surface area contributed by atoms with Gasteiger partial charge in [0.2, 0.25) is 21.8 Å². The fourth-order valence-corrected chi connectivity index (χ4v) is 5.79. The summed E-state index contributed by atoms with van der Waals surface area (Å²) < 4.78 is 27.7. The summed E-state index contributed by atoms with van der Waals surface area (Å²) in [5, 5.41) is 6.83. The molecule has 1 aliphatic rings. The zero-order valence-corrected chi connectivity index (χ0v) is 20.2. The number of nitrogens with one attached hydrogen (secondary N) is 1. The van der Waals surface area contributed by atoms with Crippen LogP contribution in [0, 0.1) is 5.92 Å². The number of carbonyl (C=O) groups excluding carboxylic acids is 2. The minimum absolute atomic E-state index is 0.107. The number of nitrogens with zero attached hydrogens (tertiary/aromatic N) is 3. The van der Waals surface area contributed by atoms with Gasteiger partial charge in [0.1, 0.15) is 0 Å². The van der Waals surface area contributed by atoms with Gasteiger partial charge in [-0.1, -0.05) is 44.2 Å². The van der Waals surface area contributed by atoms with E-state index < -0.39 is 10.0 Å². The molecule has 2 amide bonds. The maximum atomic E-state index is 13.1. The van der Waals surface area contributed by atoms with Gasteiger partial charge in [-0.2, -0.15) is 4.31 Å². The highest BCUT2D eigenvalue weighted by Crippen LogP contribution is 2.23. The van der Waals surface area contributed by atoms with Gasteiger partial charge in [-0.25, -0.2) is 13.4 Å². The maximum absolute atomic E-state index is 13.1. The lowest BCUT2D eigenvalue weighted by Gasteiger charge is -2.34. The Hall–Kier alpha value is -2.82. The number of aromatic nitrogens is 1. The molecule has 1 aromatic heterocycles. The number of carbonyl (C=O) groups is 2. The molecule has 8 nitrogen and oxygen atoms in total. The van der Waals surface area contributed by atoms with E-state index in [2.05, 4.69) is 10.3 Å². The van der Waals surface area contributed by atoms with Crippen molar-refractivity contribution in [1.29, 1.82) is 0 Å². The number of benzene rings is 2. The zero-order chi connectivity index (χ0) is 23.6. The Labute approximate surface area is 197 Å². The van der Waals surface area contributed by atoms with Crippen LogP contribution in [0.4, 0.5) is 5.13 Å². The first-order chi connectivity index (χ1) is 15.7. The summed E-state index contributed by atoms with van der Waals surface area (Å²) in [6.07, 6.45) is 0.117. The van der Waals surface area contributed by atoms with Crippen LogP contribution in [0.5, 0.6) is 0 Å². The van der Waals surface area contributed by atoms with E-state index in [1.54, 1.807) is 36.3 Å². The number of fused-ring (bicyclic) bond motifs is 1. The molecule has 0 bridgehead atoms. The van der Waals surface area contributed by atoms with E-state index >= 15 is 0 Å². The first kappa shape index (κ1) is 23.3. The molecule has 1 fully saturated rings. The number of anilines is 1. The number of piperazine rings is 1. The molecule has 1 aliphatic heterocycles. The zero-order valence-electron chi connectivity index (χ0n) is 18.5. The van der Waals surface area contributed by atoms with Crippen molar-refractivity contribution in [2.75, 3.05) is 31.5 Å². The second-order valence-electron chi connectivity index (χ2n) is 8.26. The molecule has 2 aromatic carbocycles. The smallest absolute Gasteiger partial charge is 0.243 e. The summed E-state index contributed by atoms with van der Waals surface area (Å²) in [7, 11) is -3.63. The van der Waals surface area contributed by atoms with Crippen molar-refractivity contribution in [1.82, 2.24) is 14.2 Å². The number of thiazole rings is 1. The number of amides is 2.